The quantitative estimate of drug-likeness (QED) is 0.212. The minimum Gasteiger partial charge on any atom is -0.477 e. The van der Waals surface area contributed by atoms with E-state index in [1.54, 1.807) is 45.8 Å². The number of esters is 1. The lowest BCUT2D eigenvalue weighted by atomic mass is 9.79. The zero-order valence-electron chi connectivity index (χ0n) is 38.9. The first-order valence-corrected chi connectivity index (χ1v) is 22.4. The molecule has 4 N–H and O–H groups in total. The number of likely N-dealkylation sites (N-methyl/N-ethyl adjacent to an activating group) is 1. The Hall–Kier alpha value is -3.46. The van der Waals surface area contributed by atoms with Crippen LogP contribution in [0.3, 0.4) is 0 Å². The number of carbonyl (C=O) groups excluding carboxylic acids is 2. The number of methoxy groups -OCH3 is 2. The van der Waals surface area contributed by atoms with Gasteiger partial charge in [0.25, 0.3) is 0 Å². The van der Waals surface area contributed by atoms with Gasteiger partial charge >= 0.3 is 5.97 Å². The maximum absolute atomic E-state index is 14.0. The number of para-hydroxylation sites is 1. The summed E-state index contributed by atoms with van der Waals surface area (Å²) in [4.78, 5) is 38.3. The van der Waals surface area contributed by atoms with E-state index in [4.69, 9.17) is 37.9 Å². The number of aliphatic hydroxyl groups excluding tert-OH is 4. The first kappa shape index (κ1) is 51.5. The van der Waals surface area contributed by atoms with Gasteiger partial charge in [-0.3, -0.25) is 9.59 Å². The predicted octanol–water partition coefficient (Wildman–Crippen LogP) is 3.39. The summed E-state index contributed by atoms with van der Waals surface area (Å²) in [6, 6.07) is 6.73. The third-order valence-electron chi connectivity index (χ3n) is 12.9. The van der Waals surface area contributed by atoms with Crippen LogP contribution in [0.25, 0.3) is 10.9 Å². The lowest BCUT2D eigenvalue weighted by Crippen LogP contribution is -2.63. The topological polar surface area (TPSA) is 218 Å². The van der Waals surface area contributed by atoms with Crippen molar-refractivity contribution in [3.63, 3.8) is 0 Å². The molecule has 1 aromatic carbocycles. The third kappa shape index (κ3) is 12.7. The summed E-state index contributed by atoms with van der Waals surface area (Å²) >= 11 is 0. The molecule has 1 aromatic heterocycles. The molecule has 3 aliphatic rings. The van der Waals surface area contributed by atoms with Crippen LogP contribution in [0.5, 0.6) is 5.88 Å². The van der Waals surface area contributed by atoms with Gasteiger partial charge in [-0.05, 0) is 78.3 Å². The van der Waals surface area contributed by atoms with Crippen LogP contribution >= 0.6 is 0 Å². The first-order valence-electron chi connectivity index (χ1n) is 22.4. The van der Waals surface area contributed by atoms with Gasteiger partial charge in [-0.2, -0.15) is 0 Å². The molecular weight excluding hydrogens is 831 g/mol. The molecule has 17 heteroatoms. The van der Waals surface area contributed by atoms with Crippen LogP contribution in [0.2, 0.25) is 0 Å². The summed E-state index contributed by atoms with van der Waals surface area (Å²) in [5, 5.41) is 46.0. The van der Waals surface area contributed by atoms with Crippen LogP contribution in [-0.2, 0) is 42.7 Å². The maximum Gasteiger partial charge on any atom is 0.308 e. The molecule has 2 saturated heterocycles. The van der Waals surface area contributed by atoms with E-state index in [0.29, 0.717) is 29.8 Å². The minimum atomic E-state index is -1.31. The van der Waals surface area contributed by atoms with Crippen molar-refractivity contribution in [2.75, 3.05) is 41.5 Å². The molecular formula is C47H71N3O14. The summed E-state index contributed by atoms with van der Waals surface area (Å²) in [6.07, 6.45) is -4.04. The van der Waals surface area contributed by atoms with Crippen molar-refractivity contribution in [2.24, 2.45) is 23.7 Å². The van der Waals surface area contributed by atoms with Gasteiger partial charge in [0, 0.05) is 32.0 Å². The number of carbonyl (C=O) groups is 2. The molecule has 4 heterocycles. The van der Waals surface area contributed by atoms with E-state index in [-0.39, 0.29) is 25.4 Å². The second kappa shape index (κ2) is 23.8. The Morgan fingerprint density at radius 3 is 2.23 bits per heavy atom. The molecule has 0 radical (unpaired) electrons. The van der Waals surface area contributed by atoms with Crippen LogP contribution in [0.1, 0.15) is 67.2 Å². The number of hydrogen-bond donors (Lipinski definition) is 4. The van der Waals surface area contributed by atoms with E-state index < -0.39 is 116 Å². The summed E-state index contributed by atoms with van der Waals surface area (Å²) in [7, 11) is 6.44. The number of aliphatic hydroxyl groups is 4. The summed E-state index contributed by atoms with van der Waals surface area (Å²) in [5.74, 6) is -2.76. The molecule has 3 aliphatic heterocycles. The number of fused-ring (bicyclic) bond motifs is 1. The average molecular weight is 902 g/mol. The Labute approximate surface area is 377 Å². The average Bonchev–Trinajstić information content (AvgIpc) is 3.26. The highest BCUT2D eigenvalue weighted by molar-refractivity contribution is 5.91. The SMILES string of the molecule is CC[C@H]1OC(=O)C[C@@H](O)[C@H](C)[C@@H](O[C@@H]2O[C@H](C)[C@@H](O)[C@H](N(C)C)[C@H]2O)[C@@H](CCOc2ncnc3ccccc23)C[C@@H](C)C(=O)/C=C/C(C)=C/[C@@H]1CO[C@@H]1O[C@H](C)[C@@H](O)[C@@H](OC)[C@H]1OC. The van der Waals surface area contributed by atoms with Crippen molar-refractivity contribution in [3.05, 3.63) is 54.4 Å². The van der Waals surface area contributed by atoms with Crippen molar-refractivity contribution >= 4 is 22.7 Å². The lowest BCUT2D eigenvalue weighted by Gasteiger charge is -2.46. The van der Waals surface area contributed by atoms with Crippen LogP contribution in [0.4, 0.5) is 0 Å². The summed E-state index contributed by atoms with van der Waals surface area (Å²) in [5.41, 5.74) is 1.43. The molecule has 17 nitrogen and oxygen atoms in total. The molecule has 0 saturated carbocycles. The van der Waals surface area contributed by atoms with Gasteiger partial charge in [-0.1, -0.05) is 50.6 Å². The Kier molecular flexibility index (Phi) is 19.2. The summed E-state index contributed by atoms with van der Waals surface area (Å²) < 4.78 is 48.7. The van der Waals surface area contributed by atoms with Crippen molar-refractivity contribution in [1.82, 2.24) is 14.9 Å². The van der Waals surface area contributed by atoms with Crippen molar-refractivity contribution in [2.45, 2.75) is 147 Å². The lowest BCUT2D eigenvalue weighted by molar-refractivity contribution is -0.304. The fraction of sp³-hybridized carbons (Fsp3) is 0.702. The van der Waals surface area contributed by atoms with Crippen molar-refractivity contribution in [1.29, 1.82) is 0 Å². The van der Waals surface area contributed by atoms with Gasteiger partial charge < -0.3 is 63.2 Å². The second-order valence-corrected chi connectivity index (χ2v) is 17.8. The molecule has 2 fully saturated rings. The standard InChI is InChI=1S/C47H71N3O14/c1-11-36-31(23-60-47-44(58-10)43(57-9)40(55)29(6)62-47)20-25(2)16-17-34(51)26(3)21-30(18-19-59-45-32-14-12-13-15-33(32)48-24-49-45)42(27(4)35(52)22-37(53)63-36)64-46-41(56)38(50(7)8)39(54)28(5)61-46/h12-17,20,24,26-31,35-36,38-44,46-47,52,54-56H,11,18-19,21-23H2,1-10H3/b17-16+,25-20+/t26-,27+,28-,29-,30+,31-,35-,36-,38+,39-,40-,41-,42-,43-,44-,46+,47-/m1/s1. The fourth-order valence-corrected chi connectivity index (χ4v) is 9.09. The van der Waals surface area contributed by atoms with Gasteiger partial charge in [0.05, 0.1) is 67.1 Å². The van der Waals surface area contributed by atoms with Crippen LogP contribution in [0.15, 0.2) is 54.4 Å². The fourth-order valence-electron chi connectivity index (χ4n) is 9.09. The Bertz CT molecular complexity index is 1860. The molecule has 2 aromatic rings. The zero-order chi connectivity index (χ0) is 46.8. The molecule has 0 amide bonds. The number of allylic oxidation sites excluding steroid dienone is 3. The number of benzene rings is 1. The third-order valence-corrected chi connectivity index (χ3v) is 12.9. The number of rotatable bonds is 13. The van der Waals surface area contributed by atoms with Crippen molar-refractivity contribution < 1.29 is 67.9 Å². The van der Waals surface area contributed by atoms with Gasteiger partial charge in [0.15, 0.2) is 18.4 Å². The van der Waals surface area contributed by atoms with E-state index >= 15 is 0 Å². The number of cyclic esters (lactones) is 1. The zero-order valence-corrected chi connectivity index (χ0v) is 38.9. The smallest absolute Gasteiger partial charge is 0.308 e. The largest absolute Gasteiger partial charge is 0.477 e. The Morgan fingerprint density at radius 1 is 0.859 bits per heavy atom. The van der Waals surface area contributed by atoms with E-state index in [0.717, 1.165) is 5.39 Å². The monoisotopic (exact) mass is 901 g/mol. The maximum atomic E-state index is 14.0. The molecule has 0 aliphatic carbocycles. The number of hydrogen-bond acceptors (Lipinski definition) is 17. The van der Waals surface area contributed by atoms with Crippen molar-refractivity contribution in [3.8, 4) is 5.88 Å². The molecule has 64 heavy (non-hydrogen) atoms. The predicted molar refractivity (Wildman–Crippen MR) is 235 cm³/mol. The highest BCUT2D eigenvalue weighted by atomic mass is 16.7. The van der Waals surface area contributed by atoms with Crippen LogP contribution in [0, 0.1) is 23.7 Å². The Balaban J connectivity index is 1.47. The summed E-state index contributed by atoms with van der Waals surface area (Å²) in [6.45, 7) is 10.9. The number of ketones is 1. The van der Waals surface area contributed by atoms with Crippen LogP contribution < -0.4 is 4.74 Å². The van der Waals surface area contributed by atoms with E-state index in [2.05, 4.69) is 9.97 Å². The van der Waals surface area contributed by atoms with E-state index in [1.807, 2.05) is 51.1 Å². The molecule has 0 unspecified atom stereocenters. The molecule has 17 atom stereocenters. The van der Waals surface area contributed by atoms with Gasteiger partial charge in [-0.25, -0.2) is 9.97 Å². The minimum absolute atomic E-state index is 0.0132. The number of nitrogens with zero attached hydrogens (tertiary/aromatic N) is 3. The highest BCUT2D eigenvalue weighted by Crippen LogP contribution is 2.35. The van der Waals surface area contributed by atoms with Gasteiger partial charge in [0.2, 0.25) is 5.88 Å². The molecule has 0 spiro atoms. The van der Waals surface area contributed by atoms with Gasteiger partial charge in [0.1, 0.15) is 36.8 Å². The number of ether oxygens (including phenoxy) is 8. The Morgan fingerprint density at radius 2 is 1.55 bits per heavy atom. The number of aromatic nitrogens is 2. The molecule has 5 rings (SSSR count). The molecule has 0 bridgehead atoms. The highest BCUT2D eigenvalue weighted by Gasteiger charge is 2.48. The molecule has 358 valence electrons. The normalized spacial score (nSPS) is 38.7. The van der Waals surface area contributed by atoms with E-state index in [9.17, 15) is 30.0 Å². The van der Waals surface area contributed by atoms with Gasteiger partial charge in [-0.15, -0.1) is 0 Å². The van der Waals surface area contributed by atoms with Crippen LogP contribution in [-0.4, -0.2) is 168 Å². The first-order chi connectivity index (χ1) is 30.5. The van der Waals surface area contributed by atoms with E-state index in [1.165, 1.54) is 26.6 Å². The second-order valence-electron chi connectivity index (χ2n) is 17.8.